The summed E-state index contributed by atoms with van der Waals surface area (Å²) in [6.45, 7) is 3.13. The molecule has 9 heavy (non-hydrogen) atoms. The van der Waals surface area contributed by atoms with Crippen LogP contribution in [0.2, 0.25) is 0 Å². The van der Waals surface area contributed by atoms with Crippen molar-refractivity contribution in [2.45, 2.75) is 6.42 Å². The van der Waals surface area contributed by atoms with Crippen molar-refractivity contribution in [3.8, 4) is 0 Å². The van der Waals surface area contributed by atoms with Crippen molar-refractivity contribution in [1.82, 2.24) is 9.55 Å². The molecule has 0 unspecified atom stereocenters. The van der Waals surface area contributed by atoms with Crippen molar-refractivity contribution in [3.63, 3.8) is 0 Å². The van der Waals surface area contributed by atoms with Gasteiger partial charge in [0.1, 0.15) is 0 Å². The first-order valence-electron chi connectivity index (χ1n) is 3.07. The van der Waals surface area contributed by atoms with Crippen molar-refractivity contribution < 1.29 is 0 Å². The second-order valence-corrected chi connectivity index (χ2v) is 2.06. The number of aromatic nitrogens is 2. The summed E-state index contributed by atoms with van der Waals surface area (Å²) in [6.07, 6.45) is 4.83. The fourth-order valence-electron chi connectivity index (χ4n) is 0.985. The zero-order chi connectivity index (χ0) is 6.10. The standard InChI is InChI=1S/C6H8N3/c1-2-7-6-8-3-5-9(6)4-1/h3-5H,1-2H2,(H,7,8). The molecule has 2 rings (SSSR count). The van der Waals surface area contributed by atoms with Crippen LogP contribution in [-0.4, -0.2) is 16.1 Å². The maximum absolute atomic E-state index is 4.08. The number of nitrogens with zero attached hydrogens (tertiary/aromatic N) is 2. The summed E-state index contributed by atoms with van der Waals surface area (Å²) in [7, 11) is 0. The summed E-state index contributed by atoms with van der Waals surface area (Å²) < 4.78 is 2.00. The number of hydrogen-bond donors (Lipinski definition) is 1. The van der Waals surface area contributed by atoms with Crippen LogP contribution in [0.1, 0.15) is 6.42 Å². The number of rotatable bonds is 0. The Morgan fingerprint density at radius 1 is 1.67 bits per heavy atom. The highest BCUT2D eigenvalue weighted by molar-refractivity contribution is 5.29. The summed E-state index contributed by atoms with van der Waals surface area (Å²) in [6, 6.07) is 0. The van der Waals surface area contributed by atoms with Gasteiger partial charge in [-0.2, -0.15) is 0 Å². The second-order valence-electron chi connectivity index (χ2n) is 2.06. The van der Waals surface area contributed by atoms with E-state index in [9.17, 15) is 0 Å². The van der Waals surface area contributed by atoms with Crippen LogP contribution in [0.15, 0.2) is 12.4 Å². The lowest BCUT2D eigenvalue weighted by atomic mass is 10.4. The Labute approximate surface area is 53.7 Å². The van der Waals surface area contributed by atoms with Gasteiger partial charge >= 0.3 is 0 Å². The lowest BCUT2D eigenvalue weighted by Crippen LogP contribution is -2.14. The van der Waals surface area contributed by atoms with Crippen LogP contribution < -0.4 is 5.32 Å². The summed E-state index contributed by atoms with van der Waals surface area (Å²) in [5.41, 5.74) is 0. The van der Waals surface area contributed by atoms with Gasteiger partial charge in [-0.1, -0.05) is 0 Å². The van der Waals surface area contributed by atoms with Crippen LogP contribution in [0.25, 0.3) is 0 Å². The third-order valence-electron chi connectivity index (χ3n) is 1.42. The monoisotopic (exact) mass is 122 g/mol. The molecule has 0 aliphatic carbocycles. The highest BCUT2D eigenvalue weighted by atomic mass is 15.2. The summed E-state index contributed by atoms with van der Waals surface area (Å²) >= 11 is 0. The van der Waals surface area contributed by atoms with E-state index in [2.05, 4.69) is 16.8 Å². The maximum Gasteiger partial charge on any atom is 0.203 e. The van der Waals surface area contributed by atoms with E-state index in [-0.39, 0.29) is 0 Å². The number of imidazole rings is 1. The molecule has 3 heteroatoms. The molecule has 0 saturated heterocycles. The fraction of sp³-hybridized carbons (Fsp3) is 0.333. The zero-order valence-electron chi connectivity index (χ0n) is 5.04. The molecule has 2 heterocycles. The Bertz CT molecular complexity index is 183. The molecule has 1 aromatic heterocycles. The lowest BCUT2D eigenvalue weighted by Gasteiger charge is -2.13. The predicted molar refractivity (Wildman–Crippen MR) is 35.0 cm³/mol. The predicted octanol–water partition coefficient (Wildman–Crippen LogP) is 0.709. The van der Waals surface area contributed by atoms with Gasteiger partial charge in [0.15, 0.2) is 0 Å². The first-order valence-corrected chi connectivity index (χ1v) is 3.07. The second kappa shape index (κ2) is 1.76. The first-order chi connectivity index (χ1) is 4.47. The average molecular weight is 122 g/mol. The number of hydrogen-bond acceptors (Lipinski definition) is 2. The van der Waals surface area contributed by atoms with Crippen LogP contribution >= 0.6 is 0 Å². The Morgan fingerprint density at radius 2 is 2.67 bits per heavy atom. The number of fused-ring (bicyclic) bond motifs is 1. The van der Waals surface area contributed by atoms with Crippen LogP contribution in [0, 0.1) is 6.54 Å². The molecule has 3 nitrogen and oxygen atoms in total. The van der Waals surface area contributed by atoms with Crippen molar-refractivity contribution in [3.05, 3.63) is 18.9 Å². The van der Waals surface area contributed by atoms with Gasteiger partial charge in [0.2, 0.25) is 5.95 Å². The fourth-order valence-corrected chi connectivity index (χ4v) is 0.985. The van der Waals surface area contributed by atoms with E-state index in [1.54, 1.807) is 6.20 Å². The zero-order valence-corrected chi connectivity index (χ0v) is 5.04. The van der Waals surface area contributed by atoms with Gasteiger partial charge in [0, 0.05) is 18.9 Å². The molecule has 0 atom stereocenters. The summed E-state index contributed by atoms with van der Waals surface area (Å²) in [4.78, 5) is 4.08. The topological polar surface area (TPSA) is 29.9 Å². The molecule has 0 spiro atoms. The molecular weight excluding hydrogens is 114 g/mol. The molecule has 47 valence electrons. The van der Waals surface area contributed by atoms with Gasteiger partial charge in [-0.15, -0.1) is 0 Å². The van der Waals surface area contributed by atoms with Crippen LogP contribution in [0.3, 0.4) is 0 Å². The quantitative estimate of drug-likeness (QED) is 0.549. The molecule has 0 fully saturated rings. The van der Waals surface area contributed by atoms with E-state index in [4.69, 9.17) is 0 Å². The van der Waals surface area contributed by atoms with E-state index >= 15 is 0 Å². The van der Waals surface area contributed by atoms with E-state index < -0.39 is 0 Å². The third kappa shape index (κ3) is 0.686. The van der Waals surface area contributed by atoms with E-state index in [0.29, 0.717) is 0 Å². The van der Waals surface area contributed by atoms with Crippen molar-refractivity contribution in [1.29, 1.82) is 0 Å². The average Bonchev–Trinajstić information content (AvgIpc) is 2.33. The third-order valence-corrected chi connectivity index (χ3v) is 1.42. The summed E-state index contributed by atoms with van der Waals surface area (Å²) in [5, 5.41) is 3.16. The highest BCUT2D eigenvalue weighted by Gasteiger charge is 2.05. The van der Waals surface area contributed by atoms with Gasteiger partial charge in [-0.3, -0.25) is 0 Å². The Morgan fingerprint density at radius 3 is 3.56 bits per heavy atom. The normalized spacial score (nSPS) is 16.4. The van der Waals surface area contributed by atoms with Gasteiger partial charge in [-0.25, -0.2) is 4.98 Å². The number of anilines is 1. The number of nitrogens with one attached hydrogen (secondary N) is 1. The van der Waals surface area contributed by atoms with Crippen molar-refractivity contribution in [2.24, 2.45) is 0 Å². The SMILES string of the molecule is [CH]1CCNc2nccn21. The Balaban J connectivity index is 2.39. The minimum absolute atomic E-state index is 0.959. The van der Waals surface area contributed by atoms with Gasteiger partial charge in [-0.05, 0) is 6.42 Å². The molecule has 0 aromatic carbocycles. The Kier molecular flexibility index (Phi) is 0.946. The van der Waals surface area contributed by atoms with Gasteiger partial charge in [0.25, 0.3) is 0 Å². The molecule has 1 N–H and O–H groups in total. The molecule has 1 aliphatic rings. The molecule has 1 radical (unpaired) electrons. The minimum atomic E-state index is 0.959. The largest absolute Gasteiger partial charge is 0.356 e. The van der Waals surface area contributed by atoms with Crippen molar-refractivity contribution in [2.75, 3.05) is 11.9 Å². The Hall–Kier alpha value is -0.990. The van der Waals surface area contributed by atoms with E-state index in [1.807, 2.05) is 10.8 Å². The highest BCUT2D eigenvalue weighted by Crippen LogP contribution is 2.10. The minimum Gasteiger partial charge on any atom is -0.356 e. The smallest absolute Gasteiger partial charge is 0.203 e. The van der Waals surface area contributed by atoms with E-state index in [0.717, 1.165) is 18.9 Å². The molecule has 0 saturated carbocycles. The van der Waals surface area contributed by atoms with E-state index in [1.165, 1.54) is 0 Å². The summed E-state index contributed by atoms with van der Waals surface area (Å²) in [5.74, 6) is 0.959. The molecule has 0 amide bonds. The van der Waals surface area contributed by atoms with Crippen molar-refractivity contribution >= 4 is 5.95 Å². The van der Waals surface area contributed by atoms with Crippen LogP contribution in [0.5, 0.6) is 0 Å². The van der Waals surface area contributed by atoms with Gasteiger partial charge in [0.05, 0.1) is 6.54 Å². The van der Waals surface area contributed by atoms with Crippen LogP contribution in [0.4, 0.5) is 5.95 Å². The molecule has 1 aliphatic heterocycles. The molecule has 1 aromatic rings. The lowest BCUT2D eigenvalue weighted by molar-refractivity contribution is 0.790. The van der Waals surface area contributed by atoms with Crippen LogP contribution in [-0.2, 0) is 0 Å². The molecular formula is C6H8N3. The maximum atomic E-state index is 4.08. The van der Waals surface area contributed by atoms with Gasteiger partial charge < -0.3 is 9.88 Å². The molecule has 0 bridgehead atoms. The first kappa shape index (κ1) is 4.85.